The van der Waals surface area contributed by atoms with Crippen molar-refractivity contribution in [1.29, 1.82) is 0 Å². The molecule has 4 amide bonds. The monoisotopic (exact) mass is 700 g/mol. The maximum absolute atomic E-state index is 14.4. The van der Waals surface area contributed by atoms with Crippen LogP contribution in [0.1, 0.15) is 55.5 Å². The average molecular weight is 701 g/mol. The summed E-state index contributed by atoms with van der Waals surface area (Å²) in [6.45, 7) is 1.91. The molecule has 51 heavy (non-hydrogen) atoms. The first-order valence-electron chi connectivity index (χ1n) is 17.4. The van der Waals surface area contributed by atoms with E-state index in [-0.39, 0.29) is 44.2 Å². The third-order valence-electron chi connectivity index (χ3n) is 9.78. The van der Waals surface area contributed by atoms with Gasteiger partial charge >= 0.3 is 5.97 Å². The molecule has 7 rings (SSSR count). The van der Waals surface area contributed by atoms with Gasteiger partial charge in [0, 0.05) is 25.8 Å². The number of carbonyl (C=O) groups excluding carboxylic acids is 4. The van der Waals surface area contributed by atoms with E-state index >= 15 is 0 Å². The number of nitrogens with zero attached hydrogens (tertiary/aromatic N) is 4. The van der Waals surface area contributed by atoms with Gasteiger partial charge in [-0.15, -0.1) is 5.10 Å². The van der Waals surface area contributed by atoms with Crippen molar-refractivity contribution in [3.8, 4) is 5.75 Å². The maximum atomic E-state index is 14.4. The smallest absolute Gasteiger partial charge is 0.326 e. The number of carbonyl (C=O) groups is 5. The van der Waals surface area contributed by atoms with Crippen LogP contribution in [0.15, 0.2) is 60.8 Å². The van der Waals surface area contributed by atoms with Gasteiger partial charge in [0.05, 0.1) is 18.3 Å². The van der Waals surface area contributed by atoms with E-state index in [1.165, 1.54) is 4.90 Å². The summed E-state index contributed by atoms with van der Waals surface area (Å²) in [4.78, 5) is 69.3. The Hall–Kier alpha value is -5.31. The summed E-state index contributed by atoms with van der Waals surface area (Å²) in [6, 6.07) is 10.7. The Labute approximate surface area is 295 Å². The Bertz CT molecular complexity index is 1730. The van der Waals surface area contributed by atoms with E-state index in [1.54, 1.807) is 49.1 Å². The first-order valence-corrected chi connectivity index (χ1v) is 17.4. The van der Waals surface area contributed by atoms with Crippen molar-refractivity contribution in [2.45, 2.75) is 88.3 Å². The molecular weight excluding hydrogens is 656 g/mol. The van der Waals surface area contributed by atoms with Crippen molar-refractivity contribution < 1.29 is 33.8 Å². The summed E-state index contributed by atoms with van der Waals surface area (Å²) >= 11 is 0. The normalized spacial score (nSPS) is 23.5. The van der Waals surface area contributed by atoms with Crippen LogP contribution in [-0.2, 0) is 43.4 Å². The molecule has 1 aliphatic carbocycles. The van der Waals surface area contributed by atoms with Crippen molar-refractivity contribution in [2.24, 2.45) is 5.92 Å². The summed E-state index contributed by atoms with van der Waals surface area (Å²) in [6.07, 6.45) is 4.31. The number of likely N-dealkylation sites (N-methyl/N-ethyl adjacent to an activating group) is 1. The van der Waals surface area contributed by atoms with Crippen LogP contribution in [0.4, 0.5) is 0 Å². The molecule has 1 saturated heterocycles. The van der Waals surface area contributed by atoms with Crippen LogP contribution < -0.4 is 26.0 Å². The van der Waals surface area contributed by atoms with E-state index in [2.05, 4.69) is 31.6 Å². The summed E-state index contributed by atoms with van der Waals surface area (Å²) in [5.74, 6) is -2.38. The molecule has 4 heterocycles. The molecule has 6 atom stereocenters. The number of likely N-dealkylation sites (tertiary alicyclic amines) is 1. The van der Waals surface area contributed by atoms with Gasteiger partial charge in [-0.2, -0.15) is 0 Å². The van der Waals surface area contributed by atoms with Gasteiger partial charge in [0.25, 0.3) is 0 Å². The van der Waals surface area contributed by atoms with Gasteiger partial charge in [0.15, 0.2) is 0 Å². The first kappa shape index (κ1) is 35.5. The molecule has 0 radical (unpaired) electrons. The zero-order valence-electron chi connectivity index (χ0n) is 28.7. The van der Waals surface area contributed by atoms with Crippen LogP contribution >= 0.6 is 0 Å². The van der Waals surface area contributed by atoms with Crippen LogP contribution in [0.2, 0.25) is 0 Å². The van der Waals surface area contributed by atoms with Crippen molar-refractivity contribution in [3.05, 3.63) is 77.6 Å². The molecule has 3 aromatic rings. The Balaban J connectivity index is 1.34. The van der Waals surface area contributed by atoms with Gasteiger partial charge in [-0.3, -0.25) is 19.2 Å². The number of carboxylic acid groups (broad SMARTS) is 1. The molecule has 15 nitrogen and oxygen atoms in total. The molecule has 0 spiro atoms. The number of fused-ring (bicyclic) bond motifs is 9. The molecule has 4 aliphatic rings. The third-order valence-corrected chi connectivity index (χ3v) is 9.78. The lowest BCUT2D eigenvalue weighted by Gasteiger charge is -2.30. The lowest BCUT2D eigenvalue weighted by atomic mass is 10.0. The number of aliphatic carboxylic acids is 1. The van der Waals surface area contributed by atoms with Crippen molar-refractivity contribution >= 4 is 29.6 Å². The Morgan fingerprint density at radius 2 is 1.78 bits per heavy atom. The zero-order valence-corrected chi connectivity index (χ0v) is 28.7. The van der Waals surface area contributed by atoms with Gasteiger partial charge in [-0.25, -0.2) is 9.48 Å². The largest absolute Gasteiger partial charge is 0.487 e. The zero-order chi connectivity index (χ0) is 36.1. The summed E-state index contributed by atoms with van der Waals surface area (Å²) in [7, 11) is 1.66. The number of nitrogens with one attached hydrogen (secondary N) is 4. The fourth-order valence-electron chi connectivity index (χ4n) is 6.51. The SMILES string of the molecule is CNC(C)C(=O)NC(CC1CC1)C(=O)N1CC2CC1C(=O)NC(Cc1ccccc1)C(=O)NC(C(=O)O)Cc1ccc(cc1)OCc1cn2nn1. The summed E-state index contributed by atoms with van der Waals surface area (Å²) < 4.78 is 7.52. The van der Waals surface area contributed by atoms with E-state index in [0.717, 1.165) is 18.4 Å². The number of amides is 4. The number of aromatic nitrogens is 3. The minimum atomic E-state index is -1.28. The number of hydrogen-bond acceptors (Lipinski definition) is 9. The van der Waals surface area contributed by atoms with Gasteiger partial charge in [-0.05, 0) is 49.6 Å². The van der Waals surface area contributed by atoms with Gasteiger partial charge in [0.2, 0.25) is 23.6 Å². The fraction of sp³-hybridized carbons (Fsp3) is 0.472. The average Bonchev–Trinajstić information content (AvgIpc) is 3.62. The number of ether oxygens (including phenoxy) is 1. The predicted octanol–water partition coefficient (Wildman–Crippen LogP) is 0.745. The maximum Gasteiger partial charge on any atom is 0.326 e. The Kier molecular flexibility index (Phi) is 10.9. The molecule has 1 saturated carbocycles. The second kappa shape index (κ2) is 15.7. The van der Waals surface area contributed by atoms with E-state index < -0.39 is 59.9 Å². The topological polar surface area (TPSA) is 197 Å². The minimum absolute atomic E-state index is 0.00542. The van der Waals surface area contributed by atoms with Crippen molar-refractivity contribution in [3.63, 3.8) is 0 Å². The van der Waals surface area contributed by atoms with Crippen LogP contribution in [0.3, 0.4) is 0 Å². The van der Waals surface area contributed by atoms with Crippen LogP contribution in [0.5, 0.6) is 5.75 Å². The highest BCUT2D eigenvalue weighted by Crippen LogP contribution is 2.35. The molecule has 3 aliphatic heterocycles. The van der Waals surface area contributed by atoms with Crippen molar-refractivity contribution in [1.82, 2.24) is 41.2 Å². The van der Waals surface area contributed by atoms with Gasteiger partial charge in [0.1, 0.15) is 42.2 Å². The number of benzene rings is 2. The van der Waals surface area contributed by atoms with Gasteiger partial charge < -0.3 is 36.0 Å². The molecule has 2 aromatic carbocycles. The molecular formula is C36H44N8O7. The van der Waals surface area contributed by atoms with E-state index in [4.69, 9.17) is 4.74 Å². The standard InChI is InChI=1S/C36H44N8O7/c1-21(37-2)32(45)39-29(15-23-8-9-23)35(48)43-19-26-17-31(43)34(47)38-28(14-22-6-4-3-5-7-22)33(46)40-30(36(49)50)16-24-10-12-27(13-11-24)51-20-25-18-44(26)42-41-25/h3-7,10-13,18,21,23,26,28-31,37H,8-9,14-17,19-20H2,1-2H3,(H,38,47)(H,39,45)(H,40,46)(H,49,50). The lowest BCUT2D eigenvalue weighted by molar-refractivity contribution is -0.143. The summed E-state index contributed by atoms with van der Waals surface area (Å²) in [5.41, 5.74) is 1.94. The lowest BCUT2D eigenvalue weighted by Crippen LogP contribution is -2.58. The van der Waals surface area contributed by atoms with Crippen LogP contribution in [0.25, 0.3) is 0 Å². The predicted molar refractivity (Wildman–Crippen MR) is 183 cm³/mol. The third kappa shape index (κ3) is 8.89. The fourth-order valence-corrected chi connectivity index (χ4v) is 6.51. The Morgan fingerprint density at radius 3 is 2.47 bits per heavy atom. The molecule has 5 N–H and O–H groups in total. The molecule has 2 fully saturated rings. The number of rotatable bonds is 9. The Morgan fingerprint density at radius 1 is 1.04 bits per heavy atom. The van der Waals surface area contributed by atoms with Crippen molar-refractivity contribution in [2.75, 3.05) is 13.6 Å². The number of carboxylic acids is 1. The first-order chi connectivity index (χ1) is 24.6. The minimum Gasteiger partial charge on any atom is -0.487 e. The molecule has 6 unspecified atom stereocenters. The van der Waals surface area contributed by atoms with E-state index in [0.29, 0.717) is 23.4 Å². The summed E-state index contributed by atoms with van der Waals surface area (Å²) in [5, 5.41) is 29.9. The second-order valence-corrected chi connectivity index (χ2v) is 13.6. The van der Waals surface area contributed by atoms with Crippen LogP contribution in [-0.4, -0.2) is 98.4 Å². The highest BCUT2D eigenvalue weighted by molar-refractivity contribution is 5.96. The second-order valence-electron chi connectivity index (χ2n) is 13.6. The molecule has 15 heteroatoms. The highest BCUT2D eigenvalue weighted by Gasteiger charge is 2.45. The molecule has 270 valence electrons. The quantitative estimate of drug-likeness (QED) is 0.212. The molecule has 6 bridgehead atoms. The van der Waals surface area contributed by atoms with E-state index in [9.17, 15) is 29.1 Å². The highest BCUT2D eigenvalue weighted by atomic mass is 16.5. The van der Waals surface area contributed by atoms with Gasteiger partial charge in [-0.1, -0.05) is 60.5 Å². The van der Waals surface area contributed by atoms with E-state index in [1.807, 2.05) is 30.3 Å². The molecule has 1 aromatic heterocycles. The van der Waals surface area contributed by atoms with Crippen LogP contribution in [0, 0.1) is 5.92 Å². The number of hydrogen-bond donors (Lipinski definition) is 5.